The van der Waals surface area contributed by atoms with Crippen LogP contribution in [0.1, 0.15) is 15.9 Å². The van der Waals surface area contributed by atoms with Crippen molar-refractivity contribution >= 4 is 5.97 Å². The van der Waals surface area contributed by atoms with Gasteiger partial charge in [0.2, 0.25) is 0 Å². The first-order valence-corrected chi connectivity index (χ1v) is 5.51. The van der Waals surface area contributed by atoms with E-state index in [0.717, 1.165) is 11.1 Å². The molecule has 2 aromatic rings. The smallest absolute Gasteiger partial charge is 0.338 e. The molecule has 2 aromatic carbocycles. The second-order valence-corrected chi connectivity index (χ2v) is 3.73. The molecule has 0 fully saturated rings. The highest BCUT2D eigenvalue weighted by Gasteiger charge is 2.15. The van der Waals surface area contributed by atoms with Crippen LogP contribution in [-0.2, 0) is 4.74 Å². The van der Waals surface area contributed by atoms with Gasteiger partial charge in [-0.15, -0.1) is 6.42 Å². The Kier molecular flexibility index (Phi) is 3.45. The van der Waals surface area contributed by atoms with Crippen molar-refractivity contribution in [3.05, 3.63) is 59.7 Å². The van der Waals surface area contributed by atoms with Gasteiger partial charge in [-0.2, -0.15) is 0 Å². The number of benzene rings is 2. The van der Waals surface area contributed by atoms with E-state index < -0.39 is 0 Å². The molecule has 0 heterocycles. The third-order valence-electron chi connectivity index (χ3n) is 2.69. The number of ether oxygens (including phenoxy) is 1. The minimum atomic E-state index is -0.383. The van der Waals surface area contributed by atoms with Gasteiger partial charge in [-0.05, 0) is 17.7 Å². The Bertz CT molecular complexity index is 607. The Morgan fingerprint density at radius 3 is 2.44 bits per heavy atom. The van der Waals surface area contributed by atoms with Gasteiger partial charge in [0.25, 0.3) is 0 Å². The van der Waals surface area contributed by atoms with Gasteiger partial charge in [0.1, 0.15) is 0 Å². The van der Waals surface area contributed by atoms with E-state index in [1.54, 1.807) is 12.1 Å². The van der Waals surface area contributed by atoms with Crippen molar-refractivity contribution in [2.24, 2.45) is 0 Å². The molecule has 0 spiro atoms. The minimum absolute atomic E-state index is 0.383. The molecular weight excluding hydrogens is 224 g/mol. The normalized spacial score (nSPS) is 9.56. The summed E-state index contributed by atoms with van der Waals surface area (Å²) < 4.78 is 4.79. The summed E-state index contributed by atoms with van der Waals surface area (Å²) >= 11 is 0. The number of carbonyl (C=O) groups is 1. The zero-order chi connectivity index (χ0) is 13.0. The van der Waals surface area contributed by atoms with Gasteiger partial charge in [0.15, 0.2) is 0 Å². The van der Waals surface area contributed by atoms with Crippen LogP contribution < -0.4 is 0 Å². The summed E-state index contributed by atoms with van der Waals surface area (Å²) in [7, 11) is 1.36. The summed E-state index contributed by atoms with van der Waals surface area (Å²) in [6.07, 6.45) is 5.50. The fraction of sp³-hybridized carbons (Fsp3) is 0.0625. The van der Waals surface area contributed by atoms with Crippen LogP contribution in [-0.4, -0.2) is 13.1 Å². The second kappa shape index (κ2) is 5.20. The van der Waals surface area contributed by atoms with Crippen molar-refractivity contribution in [1.29, 1.82) is 0 Å². The number of terminal acetylenes is 1. The van der Waals surface area contributed by atoms with Crippen molar-refractivity contribution in [2.75, 3.05) is 7.11 Å². The van der Waals surface area contributed by atoms with Crippen LogP contribution in [0.15, 0.2) is 48.5 Å². The second-order valence-electron chi connectivity index (χ2n) is 3.73. The van der Waals surface area contributed by atoms with E-state index in [1.807, 2.05) is 36.4 Å². The fourth-order valence-electron chi connectivity index (χ4n) is 1.87. The van der Waals surface area contributed by atoms with Crippen molar-refractivity contribution < 1.29 is 9.53 Å². The number of rotatable bonds is 2. The SMILES string of the molecule is C#Cc1cccc(C(=O)OC)c1-c1ccccc1. The van der Waals surface area contributed by atoms with Gasteiger partial charge in [-0.25, -0.2) is 4.79 Å². The Hall–Kier alpha value is -2.53. The van der Waals surface area contributed by atoms with Gasteiger partial charge in [-0.3, -0.25) is 0 Å². The first-order valence-electron chi connectivity index (χ1n) is 5.51. The summed E-state index contributed by atoms with van der Waals surface area (Å²) in [6.45, 7) is 0. The highest BCUT2D eigenvalue weighted by Crippen LogP contribution is 2.27. The molecule has 88 valence electrons. The van der Waals surface area contributed by atoms with Crippen LogP contribution in [0.5, 0.6) is 0 Å². The Balaban J connectivity index is 2.71. The van der Waals surface area contributed by atoms with Crippen molar-refractivity contribution in [2.45, 2.75) is 0 Å². The first-order chi connectivity index (χ1) is 8.77. The molecule has 18 heavy (non-hydrogen) atoms. The molecule has 0 aliphatic heterocycles. The summed E-state index contributed by atoms with van der Waals surface area (Å²) in [5.41, 5.74) is 2.82. The van der Waals surface area contributed by atoms with Crippen LogP contribution in [0.25, 0.3) is 11.1 Å². The average Bonchev–Trinajstić information content (AvgIpc) is 2.46. The van der Waals surface area contributed by atoms with E-state index in [4.69, 9.17) is 11.2 Å². The summed E-state index contributed by atoms with van der Waals surface area (Å²) in [5.74, 6) is 2.22. The molecule has 0 radical (unpaired) electrons. The number of methoxy groups -OCH3 is 1. The quantitative estimate of drug-likeness (QED) is 0.591. The molecule has 2 heteroatoms. The van der Waals surface area contributed by atoms with Crippen LogP contribution in [0, 0.1) is 12.3 Å². The predicted octanol–water partition coefficient (Wildman–Crippen LogP) is 3.12. The molecule has 2 nitrogen and oxygen atoms in total. The highest BCUT2D eigenvalue weighted by molar-refractivity contribution is 5.98. The number of esters is 1. The average molecular weight is 236 g/mol. The molecule has 0 aliphatic rings. The minimum Gasteiger partial charge on any atom is -0.465 e. The Morgan fingerprint density at radius 2 is 1.83 bits per heavy atom. The number of hydrogen-bond donors (Lipinski definition) is 0. The maximum absolute atomic E-state index is 11.8. The summed E-state index contributed by atoms with van der Waals surface area (Å²) in [5, 5.41) is 0. The largest absolute Gasteiger partial charge is 0.465 e. The summed E-state index contributed by atoms with van der Waals surface area (Å²) in [4.78, 5) is 11.8. The zero-order valence-electron chi connectivity index (χ0n) is 10.0. The molecule has 2 rings (SSSR count). The maximum Gasteiger partial charge on any atom is 0.338 e. The molecule has 0 amide bonds. The third kappa shape index (κ3) is 2.11. The fourth-order valence-corrected chi connectivity index (χ4v) is 1.87. The van der Waals surface area contributed by atoms with Crippen molar-refractivity contribution in [3.63, 3.8) is 0 Å². The first kappa shape index (κ1) is 11.9. The summed E-state index contributed by atoms with van der Waals surface area (Å²) in [6, 6.07) is 14.9. The molecule has 0 saturated heterocycles. The maximum atomic E-state index is 11.8. The van der Waals surface area contributed by atoms with E-state index in [2.05, 4.69) is 5.92 Å². The van der Waals surface area contributed by atoms with Gasteiger partial charge < -0.3 is 4.74 Å². The number of carbonyl (C=O) groups excluding carboxylic acids is 1. The molecule has 0 bridgehead atoms. The topological polar surface area (TPSA) is 26.3 Å². The molecule has 0 N–H and O–H groups in total. The lowest BCUT2D eigenvalue weighted by atomic mass is 9.94. The number of hydrogen-bond acceptors (Lipinski definition) is 2. The van der Waals surface area contributed by atoms with E-state index in [1.165, 1.54) is 7.11 Å². The lowest BCUT2D eigenvalue weighted by Crippen LogP contribution is -2.04. The molecule has 0 atom stereocenters. The van der Waals surface area contributed by atoms with Gasteiger partial charge in [0, 0.05) is 11.1 Å². The van der Waals surface area contributed by atoms with E-state index >= 15 is 0 Å². The molecule has 0 unspecified atom stereocenters. The predicted molar refractivity (Wildman–Crippen MR) is 71.2 cm³/mol. The monoisotopic (exact) mass is 236 g/mol. The van der Waals surface area contributed by atoms with E-state index in [-0.39, 0.29) is 5.97 Å². The van der Waals surface area contributed by atoms with E-state index in [9.17, 15) is 4.79 Å². The molecular formula is C16H12O2. The Morgan fingerprint density at radius 1 is 1.11 bits per heavy atom. The zero-order valence-corrected chi connectivity index (χ0v) is 10.0. The van der Waals surface area contributed by atoms with Gasteiger partial charge >= 0.3 is 5.97 Å². The molecule has 0 aliphatic carbocycles. The van der Waals surface area contributed by atoms with Gasteiger partial charge in [-0.1, -0.05) is 42.3 Å². The van der Waals surface area contributed by atoms with Crippen molar-refractivity contribution in [3.8, 4) is 23.5 Å². The van der Waals surface area contributed by atoms with Crippen LogP contribution >= 0.6 is 0 Å². The molecule has 0 saturated carbocycles. The van der Waals surface area contributed by atoms with Crippen LogP contribution in [0.2, 0.25) is 0 Å². The lowest BCUT2D eigenvalue weighted by molar-refractivity contribution is 0.0601. The lowest BCUT2D eigenvalue weighted by Gasteiger charge is -2.10. The van der Waals surface area contributed by atoms with Crippen LogP contribution in [0.3, 0.4) is 0 Å². The molecule has 0 aromatic heterocycles. The van der Waals surface area contributed by atoms with Crippen molar-refractivity contribution in [1.82, 2.24) is 0 Å². The van der Waals surface area contributed by atoms with Crippen LogP contribution in [0.4, 0.5) is 0 Å². The Labute approximate surface area is 106 Å². The highest BCUT2D eigenvalue weighted by atomic mass is 16.5. The third-order valence-corrected chi connectivity index (χ3v) is 2.69. The van der Waals surface area contributed by atoms with E-state index in [0.29, 0.717) is 11.1 Å². The van der Waals surface area contributed by atoms with Gasteiger partial charge in [0.05, 0.1) is 12.7 Å². The standard InChI is InChI=1S/C16H12O2/c1-3-12-10-7-11-14(16(17)18-2)15(12)13-8-5-4-6-9-13/h1,4-11H,2H3.